The SMILES string of the molecule is Cc1cc(C2=C(F)C([N+](=O)[O-])=C(O)CC2(F)F)cc(F)c1F. The largest absolute Gasteiger partial charge is 0.506 e. The van der Waals surface area contributed by atoms with E-state index in [4.69, 9.17) is 0 Å². The lowest BCUT2D eigenvalue weighted by atomic mass is 9.89. The van der Waals surface area contributed by atoms with Crippen molar-refractivity contribution in [3.8, 4) is 0 Å². The van der Waals surface area contributed by atoms with Gasteiger partial charge in [-0.05, 0) is 30.2 Å². The highest BCUT2D eigenvalue weighted by Crippen LogP contribution is 2.46. The number of rotatable bonds is 2. The average Bonchev–Trinajstić information content (AvgIpc) is 2.33. The van der Waals surface area contributed by atoms with Crippen LogP contribution < -0.4 is 0 Å². The predicted molar refractivity (Wildman–Crippen MR) is 65.3 cm³/mol. The molecule has 0 spiro atoms. The Kier molecular flexibility index (Phi) is 3.68. The molecule has 0 atom stereocenters. The van der Waals surface area contributed by atoms with Crippen LogP contribution in [0.3, 0.4) is 0 Å². The van der Waals surface area contributed by atoms with Crippen LogP contribution in [0.1, 0.15) is 17.5 Å². The van der Waals surface area contributed by atoms with Crippen molar-refractivity contribution in [2.45, 2.75) is 19.3 Å². The molecule has 22 heavy (non-hydrogen) atoms. The fourth-order valence-corrected chi connectivity index (χ4v) is 2.18. The van der Waals surface area contributed by atoms with E-state index in [1.54, 1.807) is 0 Å². The van der Waals surface area contributed by atoms with E-state index in [2.05, 4.69) is 0 Å². The van der Waals surface area contributed by atoms with E-state index in [0.29, 0.717) is 6.07 Å². The molecule has 0 saturated carbocycles. The molecular weight excluding hydrogens is 313 g/mol. The van der Waals surface area contributed by atoms with Gasteiger partial charge in [-0.15, -0.1) is 0 Å². The maximum atomic E-state index is 14.1. The quantitative estimate of drug-likeness (QED) is 0.508. The summed E-state index contributed by atoms with van der Waals surface area (Å²) in [6.07, 6.45) is -1.51. The van der Waals surface area contributed by atoms with E-state index in [1.165, 1.54) is 0 Å². The number of nitro groups is 1. The van der Waals surface area contributed by atoms with E-state index < -0.39 is 57.3 Å². The monoisotopic (exact) mass is 321 g/mol. The summed E-state index contributed by atoms with van der Waals surface area (Å²) in [5, 5.41) is 19.9. The van der Waals surface area contributed by atoms with Gasteiger partial charge in [-0.25, -0.2) is 17.6 Å². The molecule has 4 nitrogen and oxygen atoms in total. The van der Waals surface area contributed by atoms with Crippen LogP contribution in [0.25, 0.3) is 5.57 Å². The molecule has 0 radical (unpaired) electrons. The Hall–Kier alpha value is -2.45. The first-order valence-electron chi connectivity index (χ1n) is 5.87. The Morgan fingerprint density at radius 1 is 1.27 bits per heavy atom. The number of nitrogens with zero attached hydrogens (tertiary/aromatic N) is 1. The highest BCUT2D eigenvalue weighted by atomic mass is 19.3. The first-order chi connectivity index (χ1) is 10.1. The van der Waals surface area contributed by atoms with Crippen LogP contribution in [0.5, 0.6) is 0 Å². The lowest BCUT2D eigenvalue weighted by Crippen LogP contribution is -2.27. The number of halogens is 5. The Morgan fingerprint density at radius 2 is 1.86 bits per heavy atom. The molecule has 1 aliphatic carbocycles. The first kappa shape index (κ1) is 15.9. The topological polar surface area (TPSA) is 63.4 Å². The number of aryl methyl sites for hydroxylation is 1. The number of alkyl halides is 2. The standard InChI is InChI=1S/C13H8F5NO3/c1-5-2-6(3-7(14)10(5)15)9-11(16)12(19(21)22)8(20)4-13(9,17)18/h2-3,20H,4H2,1H3. The Bertz CT molecular complexity index is 716. The van der Waals surface area contributed by atoms with E-state index in [-0.39, 0.29) is 5.56 Å². The van der Waals surface area contributed by atoms with E-state index >= 15 is 0 Å². The van der Waals surface area contributed by atoms with Crippen molar-refractivity contribution in [1.29, 1.82) is 0 Å². The molecule has 0 aliphatic heterocycles. The molecule has 2 rings (SSSR count). The van der Waals surface area contributed by atoms with Crippen molar-refractivity contribution in [2.24, 2.45) is 0 Å². The van der Waals surface area contributed by atoms with Crippen LogP contribution in [0.15, 0.2) is 29.4 Å². The van der Waals surface area contributed by atoms with Crippen molar-refractivity contribution >= 4 is 5.57 Å². The van der Waals surface area contributed by atoms with Crippen LogP contribution >= 0.6 is 0 Å². The van der Waals surface area contributed by atoms with Crippen LogP contribution in [0, 0.1) is 28.7 Å². The summed E-state index contributed by atoms with van der Waals surface area (Å²) in [4.78, 5) is 9.33. The van der Waals surface area contributed by atoms with Gasteiger partial charge >= 0.3 is 5.70 Å². The zero-order chi connectivity index (χ0) is 16.8. The Morgan fingerprint density at radius 3 is 2.36 bits per heavy atom. The molecule has 0 unspecified atom stereocenters. The Labute approximate surface area is 120 Å². The number of benzene rings is 1. The van der Waals surface area contributed by atoms with Gasteiger partial charge in [-0.2, -0.15) is 4.39 Å². The molecule has 1 N–H and O–H groups in total. The minimum Gasteiger partial charge on any atom is -0.506 e. The van der Waals surface area contributed by atoms with Gasteiger partial charge in [0.15, 0.2) is 17.4 Å². The third-order valence-electron chi connectivity index (χ3n) is 3.14. The fourth-order valence-electron chi connectivity index (χ4n) is 2.18. The molecule has 0 fully saturated rings. The number of aliphatic hydroxyl groups excluding tert-OH is 1. The van der Waals surface area contributed by atoms with Crippen molar-refractivity contribution < 1.29 is 32.0 Å². The molecule has 1 aromatic rings. The van der Waals surface area contributed by atoms with Gasteiger partial charge in [0.25, 0.3) is 5.92 Å². The second kappa shape index (κ2) is 5.08. The number of hydrogen-bond acceptors (Lipinski definition) is 3. The molecule has 0 aromatic heterocycles. The highest BCUT2D eigenvalue weighted by Gasteiger charge is 2.48. The summed E-state index contributed by atoms with van der Waals surface area (Å²) in [6.45, 7) is 1.07. The van der Waals surface area contributed by atoms with Crippen molar-refractivity contribution in [3.05, 3.63) is 62.3 Å². The van der Waals surface area contributed by atoms with Gasteiger partial charge in [0.1, 0.15) is 0 Å². The molecule has 1 aliphatic rings. The molecule has 0 bridgehead atoms. The van der Waals surface area contributed by atoms with Gasteiger partial charge in [0.2, 0.25) is 5.83 Å². The zero-order valence-corrected chi connectivity index (χ0v) is 11.0. The van der Waals surface area contributed by atoms with E-state index in [1.807, 2.05) is 0 Å². The van der Waals surface area contributed by atoms with Crippen LogP contribution in [0.2, 0.25) is 0 Å². The zero-order valence-electron chi connectivity index (χ0n) is 11.0. The average molecular weight is 321 g/mol. The summed E-state index contributed by atoms with van der Waals surface area (Å²) in [5.41, 5.74) is -4.07. The van der Waals surface area contributed by atoms with Gasteiger partial charge in [-0.3, -0.25) is 10.1 Å². The fraction of sp³-hybridized carbons (Fsp3) is 0.231. The van der Waals surface area contributed by atoms with Crippen molar-refractivity contribution in [2.75, 3.05) is 0 Å². The summed E-state index contributed by atoms with van der Waals surface area (Å²) < 4.78 is 68.5. The first-order valence-corrected chi connectivity index (χ1v) is 5.87. The smallest absolute Gasteiger partial charge is 0.342 e. The molecule has 9 heteroatoms. The highest BCUT2D eigenvalue weighted by molar-refractivity contribution is 5.77. The molecule has 0 saturated heterocycles. The summed E-state index contributed by atoms with van der Waals surface area (Å²) >= 11 is 0. The van der Waals surface area contributed by atoms with Crippen molar-refractivity contribution in [1.82, 2.24) is 0 Å². The van der Waals surface area contributed by atoms with Gasteiger partial charge in [0, 0.05) is 0 Å². The second-order valence-electron chi connectivity index (χ2n) is 4.71. The summed E-state index contributed by atoms with van der Waals surface area (Å²) in [6, 6.07) is 1.08. The van der Waals surface area contributed by atoms with Crippen LogP contribution in [-0.2, 0) is 0 Å². The summed E-state index contributed by atoms with van der Waals surface area (Å²) in [7, 11) is 0. The minimum absolute atomic E-state index is 0.324. The maximum absolute atomic E-state index is 14.1. The lowest BCUT2D eigenvalue weighted by molar-refractivity contribution is -0.426. The van der Waals surface area contributed by atoms with Crippen molar-refractivity contribution in [3.63, 3.8) is 0 Å². The predicted octanol–water partition coefficient (Wildman–Crippen LogP) is 4.04. The third-order valence-corrected chi connectivity index (χ3v) is 3.14. The van der Waals surface area contributed by atoms with Gasteiger partial charge in [0.05, 0.1) is 16.9 Å². The molecule has 118 valence electrons. The van der Waals surface area contributed by atoms with Crippen LogP contribution in [0.4, 0.5) is 22.0 Å². The third kappa shape index (κ3) is 2.42. The second-order valence-corrected chi connectivity index (χ2v) is 4.71. The minimum atomic E-state index is -4.01. The maximum Gasteiger partial charge on any atom is 0.342 e. The number of aliphatic hydroxyl groups is 1. The number of allylic oxidation sites excluding steroid dienone is 3. The van der Waals surface area contributed by atoms with E-state index in [0.717, 1.165) is 13.0 Å². The molecule has 1 aromatic carbocycles. The van der Waals surface area contributed by atoms with E-state index in [9.17, 15) is 37.2 Å². The van der Waals surface area contributed by atoms with Gasteiger partial charge in [-0.1, -0.05) is 0 Å². The molecule has 0 amide bonds. The normalized spacial score (nSPS) is 17.9. The molecular formula is C13H8F5NO3. The molecule has 0 heterocycles. The van der Waals surface area contributed by atoms with Crippen LogP contribution in [-0.4, -0.2) is 16.0 Å². The number of hydrogen-bond donors (Lipinski definition) is 1. The summed E-state index contributed by atoms with van der Waals surface area (Å²) in [5.74, 6) is -10.2. The Balaban J connectivity index is 2.77. The lowest BCUT2D eigenvalue weighted by Gasteiger charge is -2.24. The van der Waals surface area contributed by atoms with Gasteiger partial charge < -0.3 is 5.11 Å².